The zero-order chi connectivity index (χ0) is 15.7. The number of sulfone groups is 1. The number of imidazole rings is 1. The highest BCUT2D eigenvalue weighted by molar-refractivity contribution is 7.91. The molecule has 3 heterocycles. The fraction of sp³-hybridized carbons (Fsp3) is 0.667. The largest absolute Gasteiger partial charge is 0.347 e. The summed E-state index contributed by atoms with van der Waals surface area (Å²) in [6, 6.07) is 0.199. The molecule has 0 aliphatic carbocycles. The standard InChI is InChI=1S/C15H24N4O2S/c1-12(2)3-4-18-5-6-19(8-13-7-16-11-17-13)15-10-22(20,21)9-14(15)18/h3,7,11,14-15H,4-6,8-10H2,1-2H3,(H,16,17)/t14-,15+/m0/s1. The van der Waals surface area contributed by atoms with Gasteiger partial charge in [-0.05, 0) is 13.8 Å². The molecule has 0 radical (unpaired) electrons. The van der Waals surface area contributed by atoms with E-state index in [0.717, 1.165) is 31.9 Å². The average molecular weight is 324 g/mol. The lowest BCUT2D eigenvalue weighted by Gasteiger charge is -2.43. The van der Waals surface area contributed by atoms with Crippen LogP contribution >= 0.6 is 0 Å². The van der Waals surface area contributed by atoms with Gasteiger partial charge in [-0.25, -0.2) is 13.4 Å². The quantitative estimate of drug-likeness (QED) is 0.824. The third-order valence-corrected chi connectivity index (χ3v) is 6.27. The van der Waals surface area contributed by atoms with E-state index in [0.29, 0.717) is 0 Å². The fourth-order valence-corrected chi connectivity index (χ4v) is 5.45. The van der Waals surface area contributed by atoms with Crippen LogP contribution in [0.1, 0.15) is 19.5 Å². The number of nitrogens with zero attached hydrogens (tertiary/aromatic N) is 3. The van der Waals surface area contributed by atoms with E-state index < -0.39 is 9.84 Å². The van der Waals surface area contributed by atoms with E-state index >= 15 is 0 Å². The fourth-order valence-electron chi connectivity index (χ4n) is 3.41. The van der Waals surface area contributed by atoms with E-state index in [1.54, 1.807) is 6.33 Å². The van der Waals surface area contributed by atoms with Gasteiger partial charge in [-0.1, -0.05) is 11.6 Å². The van der Waals surface area contributed by atoms with E-state index in [9.17, 15) is 8.42 Å². The van der Waals surface area contributed by atoms with Crippen molar-refractivity contribution >= 4 is 9.84 Å². The smallest absolute Gasteiger partial charge is 0.153 e. The summed E-state index contributed by atoms with van der Waals surface area (Å²) in [6.07, 6.45) is 5.67. The topological polar surface area (TPSA) is 69.3 Å². The lowest BCUT2D eigenvalue weighted by atomic mass is 10.0. The van der Waals surface area contributed by atoms with Gasteiger partial charge < -0.3 is 4.98 Å². The van der Waals surface area contributed by atoms with E-state index in [4.69, 9.17) is 0 Å². The first-order chi connectivity index (χ1) is 10.4. The molecule has 0 amide bonds. The van der Waals surface area contributed by atoms with Gasteiger partial charge in [-0.15, -0.1) is 0 Å². The van der Waals surface area contributed by atoms with Crippen molar-refractivity contribution < 1.29 is 8.42 Å². The molecule has 2 aliphatic heterocycles. The minimum Gasteiger partial charge on any atom is -0.347 e. The zero-order valence-electron chi connectivity index (χ0n) is 13.2. The lowest BCUT2D eigenvalue weighted by molar-refractivity contribution is 0.0471. The molecule has 0 unspecified atom stereocenters. The van der Waals surface area contributed by atoms with Crippen molar-refractivity contribution in [3.05, 3.63) is 29.9 Å². The van der Waals surface area contributed by atoms with Crippen LogP contribution in [0.3, 0.4) is 0 Å². The minimum absolute atomic E-state index is 0.0904. The van der Waals surface area contributed by atoms with Gasteiger partial charge in [0.05, 0.1) is 17.8 Å². The molecule has 0 saturated carbocycles. The van der Waals surface area contributed by atoms with Crippen LogP contribution in [0.15, 0.2) is 24.2 Å². The maximum atomic E-state index is 12.1. The van der Waals surface area contributed by atoms with Gasteiger partial charge in [0.1, 0.15) is 0 Å². The first kappa shape index (κ1) is 15.7. The first-order valence-electron chi connectivity index (χ1n) is 7.74. The van der Waals surface area contributed by atoms with Gasteiger partial charge in [0, 0.05) is 50.2 Å². The Kier molecular flexibility index (Phi) is 4.38. The van der Waals surface area contributed by atoms with Crippen LogP contribution in [0.25, 0.3) is 0 Å². The SMILES string of the molecule is CC(C)=CCN1CCN(Cc2cnc[nH]2)[C@@H]2CS(=O)(=O)C[C@@H]21. The summed E-state index contributed by atoms with van der Waals surface area (Å²) in [5, 5.41) is 0. The van der Waals surface area contributed by atoms with Gasteiger partial charge >= 0.3 is 0 Å². The summed E-state index contributed by atoms with van der Waals surface area (Å²) in [4.78, 5) is 11.8. The predicted molar refractivity (Wildman–Crippen MR) is 86.2 cm³/mol. The molecule has 122 valence electrons. The molecule has 0 aromatic carbocycles. The monoisotopic (exact) mass is 324 g/mol. The molecule has 0 bridgehead atoms. The summed E-state index contributed by atoms with van der Waals surface area (Å²) in [5.41, 5.74) is 2.32. The Morgan fingerprint density at radius 3 is 2.64 bits per heavy atom. The molecule has 2 atom stereocenters. The number of rotatable bonds is 4. The van der Waals surface area contributed by atoms with Crippen LogP contribution in [-0.2, 0) is 16.4 Å². The second kappa shape index (κ2) is 6.14. The normalized spacial score (nSPS) is 28.5. The van der Waals surface area contributed by atoms with Crippen molar-refractivity contribution in [3.63, 3.8) is 0 Å². The minimum atomic E-state index is -2.94. The third kappa shape index (κ3) is 3.42. The summed E-state index contributed by atoms with van der Waals surface area (Å²) in [5.74, 6) is 0.560. The van der Waals surface area contributed by atoms with E-state index in [1.807, 2.05) is 6.20 Å². The summed E-state index contributed by atoms with van der Waals surface area (Å²) < 4.78 is 24.3. The zero-order valence-corrected chi connectivity index (χ0v) is 14.0. The first-order valence-corrected chi connectivity index (χ1v) is 9.56. The van der Waals surface area contributed by atoms with Crippen molar-refractivity contribution in [2.45, 2.75) is 32.5 Å². The van der Waals surface area contributed by atoms with Gasteiger partial charge in [0.2, 0.25) is 0 Å². The van der Waals surface area contributed by atoms with Crippen molar-refractivity contribution in [2.75, 3.05) is 31.1 Å². The van der Waals surface area contributed by atoms with Crippen LogP contribution in [0, 0.1) is 0 Å². The molecule has 3 rings (SSSR count). The van der Waals surface area contributed by atoms with Gasteiger partial charge in [0.15, 0.2) is 9.84 Å². The number of allylic oxidation sites excluding steroid dienone is 1. The predicted octanol–water partition coefficient (Wildman–Crippen LogP) is 0.659. The van der Waals surface area contributed by atoms with E-state index in [-0.39, 0.29) is 23.6 Å². The van der Waals surface area contributed by atoms with Gasteiger partial charge in [-0.3, -0.25) is 9.80 Å². The molecular formula is C15H24N4O2S. The number of aromatic amines is 1. The number of aromatic nitrogens is 2. The maximum Gasteiger partial charge on any atom is 0.153 e. The van der Waals surface area contributed by atoms with Gasteiger partial charge in [-0.2, -0.15) is 0 Å². The molecule has 2 fully saturated rings. The number of fused-ring (bicyclic) bond motifs is 1. The molecule has 0 spiro atoms. The van der Waals surface area contributed by atoms with E-state index in [2.05, 4.69) is 39.7 Å². The van der Waals surface area contributed by atoms with Crippen molar-refractivity contribution in [1.82, 2.24) is 19.8 Å². The Labute approximate surface area is 132 Å². The molecule has 2 saturated heterocycles. The van der Waals surface area contributed by atoms with Gasteiger partial charge in [0.25, 0.3) is 0 Å². The molecule has 22 heavy (non-hydrogen) atoms. The Balaban J connectivity index is 1.76. The summed E-state index contributed by atoms with van der Waals surface area (Å²) in [6.45, 7) is 7.56. The Hall–Kier alpha value is -1.18. The number of hydrogen-bond donors (Lipinski definition) is 1. The number of H-pyrrole nitrogens is 1. The number of nitrogens with one attached hydrogen (secondary N) is 1. The third-order valence-electron chi connectivity index (χ3n) is 4.57. The van der Waals surface area contributed by atoms with Crippen LogP contribution in [0.2, 0.25) is 0 Å². The van der Waals surface area contributed by atoms with Crippen molar-refractivity contribution in [1.29, 1.82) is 0 Å². The molecule has 1 aromatic heterocycles. The van der Waals surface area contributed by atoms with Crippen LogP contribution < -0.4 is 0 Å². The Bertz CT molecular complexity index is 635. The maximum absolute atomic E-state index is 12.1. The second-order valence-electron chi connectivity index (χ2n) is 6.54. The molecular weight excluding hydrogens is 300 g/mol. The number of hydrogen-bond acceptors (Lipinski definition) is 5. The Morgan fingerprint density at radius 1 is 1.32 bits per heavy atom. The highest BCUT2D eigenvalue weighted by Crippen LogP contribution is 2.27. The number of piperazine rings is 1. The highest BCUT2D eigenvalue weighted by Gasteiger charge is 2.46. The summed E-state index contributed by atoms with van der Waals surface area (Å²) in [7, 11) is -2.94. The highest BCUT2D eigenvalue weighted by atomic mass is 32.2. The summed E-state index contributed by atoms with van der Waals surface area (Å²) >= 11 is 0. The van der Waals surface area contributed by atoms with Crippen LogP contribution in [0.5, 0.6) is 0 Å². The van der Waals surface area contributed by atoms with Crippen molar-refractivity contribution in [3.8, 4) is 0 Å². The molecule has 1 N–H and O–H groups in total. The van der Waals surface area contributed by atoms with Crippen LogP contribution in [-0.4, -0.2) is 71.4 Å². The van der Waals surface area contributed by atoms with E-state index in [1.165, 1.54) is 5.57 Å². The second-order valence-corrected chi connectivity index (χ2v) is 8.69. The average Bonchev–Trinajstić information content (AvgIpc) is 3.04. The molecule has 6 nitrogen and oxygen atoms in total. The molecule has 2 aliphatic rings. The lowest BCUT2D eigenvalue weighted by Crippen LogP contribution is -2.58. The molecule has 1 aromatic rings. The Morgan fingerprint density at radius 2 is 2.00 bits per heavy atom. The van der Waals surface area contributed by atoms with Crippen LogP contribution in [0.4, 0.5) is 0 Å². The molecule has 7 heteroatoms. The van der Waals surface area contributed by atoms with Crippen molar-refractivity contribution in [2.24, 2.45) is 0 Å².